The standard InChI is InChI=1S/C19H25N3O2S/c1-15(2)11-21-6-8-22(9-7-21)19(23)16-4-3-5-18(10-16)24-12-17-13-25-14-20-17/h3-5,10,13-15H,6-9,11-12H2,1-2H3. The van der Waals surface area contributed by atoms with E-state index in [1.807, 2.05) is 34.5 Å². The van der Waals surface area contributed by atoms with Gasteiger partial charge in [0.25, 0.3) is 5.91 Å². The van der Waals surface area contributed by atoms with Crippen LogP contribution in [0.1, 0.15) is 29.9 Å². The molecule has 0 atom stereocenters. The molecule has 0 aliphatic carbocycles. The van der Waals surface area contributed by atoms with Gasteiger partial charge >= 0.3 is 0 Å². The van der Waals surface area contributed by atoms with Crippen LogP contribution >= 0.6 is 11.3 Å². The first-order valence-corrected chi connectivity index (χ1v) is 9.67. The summed E-state index contributed by atoms with van der Waals surface area (Å²) in [6.45, 7) is 9.46. The van der Waals surface area contributed by atoms with Gasteiger partial charge in [0.05, 0.1) is 11.2 Å². The number of nitrogens with zero attached hydrogens (tertiary/aromatic N) is 3. The first-order valence-electron chi connectivity index (χ1n) is 8.73. The van der Waals surface area contributed by atoms with Crippen LogP contribution in [0.2, 0.25) is 0 Å². The summed E-state index contributed by atoms with van der Waals surface area (Å²) < 4.78 is 5.75. The molecule has 134 valence electrons. The van der Waals surface area contributed by atoms with Crippen LogP contribution in [0.15, 0.2) is 35.2 Å². The fourth-order valence-corrected chi connectivity index (χ4v) is 3.56. The molecule has 2 heterocycles. The number of aromatic nitrogens is 1. The normalized spacial score (nSPS) is 15.6. The smallest absolute Gasteiger partial charge is 0.254 e. The van der Waals surface area contributed by atoms with Gasteiger partial charge in [-0.25, -0.2) is 4.98 Å². The Kier molecular flexibility index (Phi) is 6.04. The summed E-state index contributed by atoms with van der Waals surface area (Å²) >= 11 is 1.55. The predicted molar refractivity (Wildman–Crippen MR) is 100 cm³/mol. The van der Waals surface area contributed by atoms with E-state index in [0.29, 0.717) is 23.8 Å². The molecule has 0 unspecified atom stereocenters. The average Bonchev–Trinajstić information content (AvgIpc) is 3.13. The molecule has 2 aromatic rings. The highest BCUT2D eigenvalue weighted by Gasteiger charge is 2.22. The highest BCUT2D eigenvalue weighted by atomic mass is 32.1. The maximum atomic E-state index is 12.8. The number of hydrogen-bond donors (Lipinski definition) is 0. The lowest BCUT2D eigenvalue weighted by molar-refractivity contribution is 0.0623. The number of carbonyl (C=O) groups excluding carboxylic acids is 1. The number of carbonyl (C=O) groups is 1. The van der Waals surface area contributed by atoms with Crippen LogP contribution in [0.25, 0.3) is 0 Å². The molecule has 1 aromatic carbocycles. The highest BCUT2D eigenvalue weighted by Crippen LogP contribution is 2.18. The molecule has 1 aromatic heterocycles. The molecule has 0 bridgehead atoms. The minimum atomic E-state index is 0.0864. The largest absolute Gasteiger partial charge is 0.487 e. The van der Waals surface area contributed by atoms with Crippen LogP contribution < -0.4 is 4.74 Å². The molecule has 1 fully saturated rings. The van der Waals surface area contributed by atoms with Gasteiger partial charge in [-0.1, -0.05) is 19.9 Å². The first kappa shape index (κ1) is 17.9. The summed E-state index contributed by atoms with van der Waals surface area (Å²) in [7, 11) is 0. The van der Waals surface area contributed by atoms with E-state index in [4.69, 9.17) is 4.74 Å². The van der Waals surface area contributed by atoms with E-state index in [-0.39, 0.29) is 5.91 Å². The van der Waals surface area contributed by atoms with E-state index in [0.717, 1.165) is 38.4 Å². The minimum Gasteiger partial charge on any atom is -0.487 e. The molecule has 1 aliphatic heterocycles. The number of amides is 1. The number of ether oxygens (including phenoxy) is 1. The van der Waals surface area contributed by atoms with Gasteiger partial charge in [0.2, 0.25) is 0 Å². The predicted octanol–water partition coefficient (Wildman–Crippen LogP) is 3.14. The van der Waals surface area contributed by atoms with Crippen molar-refractivity contribution in [2.24, 2.45) is 5.92 Å². The third-order valence-electron chi connectivity index (χ3n) is 4.23. The fraction of sp³-hybridized carbons (Fsp3) is 0.474. The highest BCUT2D eigenvalue weighted by molar-refractivity contribution is 7.07. The van der Waals surface area contributed by atoms with Crippen LogP contribution in [0, 0.1) is 5.92 Å². The number of piperazine rings is 1. The van der Waals surface area contributed by atoms with E-state index >= 15 is 0 Å². The van der Waals surface area contributed by atoms with Gasteiger partial charge in [0.15, 0.2) is 0 Å². The first-order chi connectivity index (χ1) is 12.1. The number of rotatable bonds is 6. The van der Waals surface area contributed by atoms with Gasteiger partial charge < -0.3 is 9.64 Å². The third-order valence-corrected chi connectivity index (χ3v) is 4.87. The maximum absolute atomic E-state index is 12.8. The molecular formula is C19H25N3O2S. The zero-order chi connectivity index (χ0) is 17.6. The number of benzene rings is 1. The summed E-state index contributed by atoms with van der Waals surface area (Å²) in [5.41, 5.74) is 3.38. The third kappa shape index (κ3) is 5.03. The van der Waals surface area contributed by atoms with E-state index in [1.165, 1.54) is 0 Å². The molecule has 5 nitrogen and oxygen atoms in total. The summed E-state index contributed by atoms with van der Waals surface area (Å²) in [4.78, 5) is 21.3. The summed E-state index contributed by atoms with van der Waals surface area (Å²) in [5.74, 6) is 1.45. The molecule has 6 heteroatoms. The van der Waals surface area contributed by atoms with Crippen molar-refractivity contribution in [1.29, 1.82) is 0 Å². The van der Waals surface area contributed by atoms with Crippen molar-refractivity contribution >= 4 is 17.2 Å². The second-order valence-electron chi connectivity index (χ2n) is 6.78. The van der Waals surface area contributed by atoms with Crippen LogP contribution in [-0.4, -0.2) is 53.4 Å². The lowest BCUT2D eigenvalue weighted by atomic mass is 10.1. The SMILES string of the molecule is CC(C)CN1CCN(C(=O)c2cccc(OCc3cscn3)c2)CC1. The number of thiazole rings is 1. The molecule has 3 rings (SSSR count). The Balaban J connectivity index is 1.56. The molecule has 0 spiro atoms. The molecule has 1 aliphatic rings. The Morgan fingerprint density at radius 2 is 2.08 bits per heavy atom. The Bertz CT molecular complexity index is 680. The van der Waals surface area contributed by atoms with E-state index in [9.17, 15) is 4.79 Å². The molecule has 1 amide bonds. The second-order valence-corrected chi connectivity index (χ2v) is 7.50. The summed E-state index contributed by atoms with van der Waals surface area (Å²) in [6, 6.07) is 7.44. The van der Waals surface area contributed by atoms with Crippen molar-refractivity contribution in [1.82, 2.24) is 14.8 Å². The van der Waals surface area contributed by atoms with Crippen LogP contribution in [0.3, 0.4) is 0 Å². The van der Waals surface area contributed by atoms with E-state index < -0.39 is 0 Å². The van der Waals surface area contributed by atoms with Gasteiger partial charge in [-0.3, -0.25) is 9.69 Å². The zero-order valence-electron chi connectivity index (χ0n) is 14.9. The van der Waals surface area contributed by atoms with Crippen LogP contribution in [-0.2, 0) is 6.61 Å². The Morgan fingerprint density at radius 1 is 1.28 bits per heavy atom. The average molecular weight is 359 g/mol. The van der Waals surface area contributed by atoms with Gasteiger partial charge in [0, 0.05) is 43.7 Å². The van der Waals surface area contributed by atoms with E-state index in [2.05, 4.69) is 23.7 Å². The number of hydrogen-bond acceptors (Lipinski definition) is 5. The maximum Gasteiger partial charge on any atom is 0.254 e. The van der Waals surface area contributed by atoms with Crippen LogP contribution in [0.4, 0.5) is 0 Å². The zero-order valence-corrected chi connectivity index (χ0v) is 15.7. The Labute approximate surface area is 153 Å². The van der Waals surface area contributed by atoms with Crippen molar-refractivity contribution in [3.05, 3.63) is 46.4 Å². The van der Waals surface area contributed by atoms with Gasteiger partial charge in [0.1, 0.15) is 12.4 Å². The lowest BCUT2D eigenvalue weighted by Gasteiger charge is -2.35. The Morgan fingerprint density at radius 3 is 2.76 bits per heavy atom. The minimum absolute atomic E-state index is 0.0864. The fourth-order valence-electron chi connectivity index (χ4n) is 3.02. The summed E-state index contributed by atoms with van der Waals surface area (Å²) in [5, 5.41) is 1.96. The second kappa shape index (κ2) is 8.45. The Hall–Kier alpha value is -1.92. The molecule has 25 heavy (non-hydrogen) atoms. The van der Waals surface area contributed by atoms with E-state index in [1.54, 1.807) is 16.8 Å². The van der Waals surface area contributed by atoms with Crippen molar-refractivity contribution in [3.63, 3.8) is 0 Å². The molecule has 0 radical (unpaired) electrons. The van der Waals surface area contributed by atoms with Gasteiger partial charge in [-0.15, -0.1) is 11.3 Å². The van der Waals surface area contributed by atoms with Crippen molar-refractivity contribution in [3.8, 4) is 5.75 Å². The van der Waals surface area contributed by atoms with Gasteiger partial charge in [-0.05, 0) is 24.1 Å². The van der Waals surface area contributed by atoms with Gasteiger partial charge in [-0.2, -0.15) is 0 Å². The van der Waals surface area contributed by atoms with Crippen molar-refractivity contribution in [2.45, 2.75) is 20.5 Å². The topological polar surface area (TPSA) is 45.7 Å². The molecular weight excluding hydrogens is 334 g/mol. The van der Waals surface area contributed by atoms with Crippen LogP contribution in [0.5, 0.6) is 5.75 Å². The molecule has 0 N–H and O–H groups in total. The molecule has 0 saturated carbocycles. The monoisotopic (exact) mass is 359 g/mol. The van der Waals surface area contributed by atoms with Crippen molar-refractivity contribution < 1.29 is 9.53 Å². The molecule has 1 saturated heterocycles. The van der Waals surface area contributed by atoms with Crippen molar-refractivity contribution in [2.75, 3.05) is 32.7 Å². The summed E-state index contributed by atoms with van der Waals surface area (Å²) in [6.07, 6.45) is 0. The lowest BCUT2D eigenvalue weighted by Crippen LogP contribution is -2.49. The quantitative estimate of drug-likeness (QED) is 0.795.